The fourth-order valence-electron chi connectivity index (χ4n) is 3.04. The predicted molar refractivity (Wildman–Crippen MR) is 105 cm³/mol. The van der Waals surface area contributed by atoms with Crippen LogP contribution >= 0.6 is 0 Å². The molecule has 1 heterocycles. The summed E-state index contributed by atoms with van der Waals surface area (Å²) in [6, 6.07) is 4.70. The predicted octanol–water partition coefficient (Wildman–Crippen LogP) is 1.73. The maximum atomic E-state index is 14.1. The smallest absolute Gasteiger partial charge is 0.315 e. The summed E-state index contributed by atoms with van der Waals surface area (Å²) in [6.45, 7) is 5.49. The fourth-order valence-corrected chi connectivity index (χ4v) is 3.69. The quantitative estimate of drug-likeness (QED) is 0.580. The van der Waals surface area contributed by atoms with E-state index in [2.05, 4.69) is 15.4 Å². The first-order valence-electron chi connectivity index (χ1n) is 9.33. The van der Waals surface area contributed by atoms with E-state index in [0.29, 0.717) is 31.7 Å². The van der Waals surface area contributed by atoms with Crippen LogP contribution < -0.4 is 20.3 Å². The number of urea groups is 1. The van der Waals surface area contributed by atoms with Gasteiger partial charge in [-0.1, -0.05) is 6.07 Å². The molecule has 1 unspecified atom stereocenters. The van der Waals surface area contributed by atoms with Gasteiger partial charge in [-0.25, -0.2) is 22.3 Å². The van der Waals surface area contributed by atoms with E-state index in [1.165, 1.54) is 6.07 Å². The zero-order valence-corrected chi connectivity index (χ0v) is 16.7. The molecule has 1 saturated heterocycles. The van der Waals surface area contributed by atoms with Gasteiger partial charge in [0.15, 0.2) is 0 Å². The molecule has 1 atom stereocenters. The highest BCUT2D eigenvalue weighted by Gasteiger charge is 2.23. The molecule has 1 aliphatic heterocycles. The van der Waals surface area contributed by atoms with Gasteiger partial charge in [0, 0.05) is 32.2 Å². The van der Waals surface area contributed by atoms with Gasteiger partial charge in [-0.2, -0.15) is 0 Å². The van der Waals surface area contributed by atoms with Crippen LogP contribution in [0.5, 0.6) is 0 Å². The van der Waals surface area contributed by atoms with Gasteiger partial charge in [0.05, 0.1) is 11.4 Å². The highest BCUT2D eigenvalue weighted by molar-refractivity contribution is 7.89. The van der Waals surface area contributed by atoms with Crippen molar-refractivity contribution in [1.29, 1.82) is 0 Å². The number of carbonyl (C=O) groups is 1. The molecular formula is C18H29FN4O3S. The normalized spacial score (nSPS) is 17.6. The number of amides is 2. The van der Waals surface area contributed by atoms with Crippen molar-refractivity contribution in [3.63, 3.8) is 0 Å². The third-order valence-corrected chi connectivity index (χ3v) is 5.94. The molecule has 7 nitrogen and oxygen atoms in total. The number of anilines is 1. The number of nitrogens with zero attached hydrogens (tertiary/aromatic N) is 1. The summed E-state index contributed by atoms with van der Waals surface area (Å²) in [5, 5.41) is 5.65. The molecule has 1 aromatic rings. The Balaban J connectivity index is 1.75. The molecule has 0 saturated carbocycles. The van der Waals surface area contributed by atoms with E-state index >= 15 is 0 Å². The van der Waals surface area contributed by atoms with E-state index in [1.54, 1.807) is 13.0 Å². The topological polar surface area (TPSA) is 90.5 Å². The molecule has 9 heteroatoms. The van der Waals surface area contributed by atoms with E-state index in [0.717, 1.165) is 24.9 Å². The Labute approximate surface area is 160 Å². The molecular weight excluding hydrogens is 371 g/mol. The molecule has 0 aliphatic carbocycles. The van der Waals surface area contributed by atoms with Crippen LogP contribution in [0.3, 0.4) is 0 Å². The first kappa shape index (κ1) is 21.4. The van der Waals surface area contributed by atoms with Crippen molar-refractivity contribution in [3.05, 3.63) is 29.6 Å². The van der Waals surface area contributed by atoms with E-state index in [1.807, 2.05) is 17.9 Å². The number of piperidine rings is 1. The second kappa shape index (κ2) is 9.89. The Bertz CT molecular complexity index is 742. The highest BCUT2D eigenvalue weighted by Crippen LogP contribution is 2.24. The second-order valence-corrected chi connectivity index (χ2v) is 8.89. The molecule has 1 aromatic carbocycles. The van der Waals surface area contributed by atoms with E-state index in [9.17, 15) is 17.6 Å². The fraction of sp³-hybridized carbons (Fsp3) is 0.611. The Morgan fingerprint density at radius 1 is 1.33 bits per heavy atom. The van der Waals surface area contributed by atoms with Gasteiger partial charge in [0.2, 0.25) is 10.0 Å². The van der Waals surface area contributed by atoms with Gasteiger partial charge < -0.3 is 15.5 Å². The van der Waals surface area contributed by atoms with Crippen molar-refractivity contribution in [3.8, 4) is 0 Å². The molecule has 1 aliphatic rings. The molecule has 27 heavy (non-hydrogen) atoms. The third-order valence-electron chi connectivity index (χ3n) is 4.54. The number of hydrogen-bond donors (Lipinski definition) is 3. The summed E-state index contributed by atoms with van der Waals surface area (Å²) >= 11 is 0. The van der Waals surface area contributed by atoms with Crippen LogP contribution in [0.15, 0.2) is 18.2 Å². The second-order valence-electron chi connectivity index (χ2n) is 6.79. The van der Waals surface area contributed by atoms with Crippen LogP contribution in [0.2, 0.25) is 0 Å². The Hall–Kier alpha value is -1.87. The minimum absolute atomic E-state index is 0.0423. The number of hydrogen-bond acceptors (Lipinski definition) is 4. The number of benzene rings is 1. The largest absolute Gasteiger partial charge is 0.367 e. The van der Waals surface area contributed by atoms with Crippen molar-refractivity contribution in [2.45, 2.75) is 39.2 Å². The van der Waals surface area contributed by atoms with Gasteiger partial charge in [-0.05, 0) is 50.8 Å². The van der Waals surface area contributed by atoms with E-state index < -0.39 is 10.0 Å². The van der Waals surface area contributed by atoms with Gasteiger partial charge in [-0.15, -0.1) is 0 Å². The van der Waals surface area contributed by atoms with Crippen LogP contribution in [-0.2, 0) is 10.0 Å². The molecule has 0 aromatic heterocycles. The highest BCUT2D eigenvalue weighted by atomic mass is 32.2. The minimum atomic E-state index is -3.20. The lowest BCUT2D eigenvalue weighted by Gasteiger charge is -2.35. The number of carbonyl (C=O) groups excluding carboxylic acids is 1. The molecule has 3 N–H and O–H groups in total. The molecule has 1 fully saturated rings. The van der Waals surface area contributed by atoms with Crippen LogP contribution in [-0.4, -0.2) is 52.4 Å². The van der Waals surface area contributed by atoms with Gasteiger partial charge in [0.25, 0.3) is 0 Å². The zero-order chi connectivity index (χ0) is 19.9. The van der Waals surface area contributed by atoms with Gasteiger partial charge >= 0.3 is 6.03 Å². The molecule has 152 valence electrons. The summed E-state index contributed by atoms with van der Waals surface area (Å²) < 4.78 is 39.2. The average Bonchev–Trinajstić information content (AvgIpc) is 2.63. The maximum Gasteiger partial charge on any atom is 0.315 e. The summed E-state index contributed by atoms with van der Waals surface area (Å²) in [7, 11) is -3.20. The van der Waals surface area contributed by atoms with Crippen molar-refractivity contribution < 1.29 is 17.6 Å². The molecule has 0 bridgehead atoms. The average molecular weight is 401 g/mol. The lowest BCUT2D eigenvalue weighted by molar-refractivity contribution is 0.235. The summed E-state index contributed by atoms with van der Waals surface area (Å²) in [5.41, 5.74) is 1.57. The standard InChI is InChI=1S/C18H29FN4O3S/c1-3-27(25,26)21-10-5-9-20-18(24)22-15-6-4-11-23(13-15)17-12-14(2)7-8-16(17)19/h7-8,12,15,21H,3-6,9-11,13H2,1-2H3,(H2,20,22,24). The maximum absolute atomic E-state index is 14.1. The number of rotatable bonds is 8. The number of nitrogens with one attached hydrogen (secondary N) is 3. The van der Waals surface area contributed by atoms with Crippen LogP contribution in [0, 0.1) is 12.7 Å². The molecule has 2 rings (SSSR count). The number of aryl methyl sites for hydroxylation is 1. The Morgan fingerprint density at radius 3 is 2.85 bits per heavy atom. The lowest BCUT2D eigenvalue weighted by atomic mass is 10.0. The molecule has 0 spiro atoms. The number of sulfonamides is 1. The van der Waals surface area contributed by atoms with Crippen molar-refractivity contribution in [1.82, 2.24) is 15.4 Å². The zero-order valence-electron chi connectivity index (χ0n) is 15.9. The lowest BCUT2D eigenvalue weighted by Crippen LogP contribution is -2.51. The first-order valence-corrected chi connectivity index (χ1v) is 11.0. The summed E-state index contributed by atoms with van der Waals surface area (Å²) in [4.78, 5) is 14.0. The van der Waals surface area contributed by atoms with Gasteiger partial charge in [0.1, 0.15) is 5.82 Å². The van der Waals surface area contributed by atoms with Gasteiger partial charge in [-0.3, -0.25) is 0 Å². The Morgan fingerprint density at radius 2 is 2.11 bits per heavy atom. The molecule has 0 radical (unpaired) electrons. The first-order chi connectivity index (χ1) is 12.8. The SMILES string of the molecule is CCS(=O)(=O)NCCCNC(=O)NC1CCCN(c2cc(C)ccc2F)C1. The molecule has 2 amide bonds. The summed E-state index contributed by atoms with van der Waals surface area (Å²) in [5.74, 6) is -0.207. The van der Waals surface area contributed by atoms with Crippen molar-refractivity contribution >= 4 is 21.7 Å². The van der Waals surface area contributed by atoms with E-state index in [4.69, 9.17) is 0 Å². The van der Waals surface area contributed by atoms with Crippen LogP contribution in [0.4, 0.5) is 14.9 Å². The Kier molecular flexibility index (Phi) is 7.85. The summed E-state index contributed by atoms with van der Waals surface area (Å²) in [6.07, 6.45) is 2.22. The third kappa shape index (κ3) is 6.99. The number of halogens is 1. The minimum Gasteiger partial charge on any atom is -0.367 e. The van der Waals surface area contributed by atoms with Crippen LogP contribution in [0.1, 0.15) is 31.7 Å². The van der Waals surface area contributed by atoms with Crippen LogP contribution in [0.25, 0.3) is 0 Å². The van der Waals surface area contributed by atoms with E-state index in [-0.39, 0.29) is 23.6 Å². The van der Waals surface area contributed by atoms with Crippen molar-refractivity contribution in [2.24, 2.45) is 0 Å². The monoisotopic (exact) mass is 400 g/mol. The van der Waals surface area contributed by atoms with Crippen molar-refractivity contribution in [2.75, 3.05) is 36.8 Å².